The van der Waals surface area contributed by atoms with Crippen molar-refractivity contribution in [3.05, 3.63) is 29.8 Å². The van der Waals surface area contributed by atoms with E-state index in [-0.39, 0.29) is 0 Å². The molecule has 0 aliphatic rings. The van der Waals surface area contributed by atoms with Crippen molar-refractivity contribution in [2.45, 2.75) is 30.8 Å². The van der Waals surface area contributed by atoms with Crippen molar-refractivity contribution in [1.82, 2.24) is 0 Å². The normalized spacial score (nSPS) is 15.5. The highest BCUT2D eigenvalue weighted by Gasteiger charge is 2.39. The van der Waals surface area contributed by atoms with Crippen molar-refractivity contribution in [3.8, 4) is 0 Å². The van der Waals surface area contributed by atoms with E-state index in [0.29, 0.717) is 10.8 Å². The molecule has 2 N–H and O–H groups in total. The molecule has 0 bridgehead atoms. The molecule has 19 heavy (non-hydrogen) atoms. The van der Waals surface area contributed by atoms with Gasteiger partial charge in [0.1, 0.15) is 0 Å². The Bertz CT molecular complexity index is 429. The zero-order chi connectivity index (χ0) is 14.6. The number of nitrogens with two attached hydrogens (primary N) is 1. The summed E-state index contributed by atoms with van der Waals surface area (Å²) in [6.07, 6.45) is -4.40. The SMILES string of the molecule is CC(C)c1ccc(S(=O)CC(CN)C(F)(F)F)cc1. The minimum absolute atomic E-state index is 0.328. The standard InChI is InChI=1S/C13H18F3NOS/c1-9(2)10-3-5-12(6-4-10)19(18)8-11(7-17)13(14,15)16/h3-6,9,11H,7-8,17H2,1-2H3. The highest BCUT2D eigenvalue weighted by Crippen LogP contribution is 2.27. The fraction of sp³-hybridized carbons (Fsp3) is 0.538. The molecule has 0 aromatic heterocycles. The zero-order valence-corrected chi connectivity index (χ0v) is 11.7. The van der Waals surface area contributed by atoms with Crippen LogP contribution >= 0.6 is 0 Å². The summed E-state index contributed by atoms with van der Waals surface area (Å²) in [4.78, 5) is 0.409. The first-order valence-corrected chi connectivity index (χ1v) is 7.32. The van der Waals surface area contributed by atoms with Crippen LogP contribution < -0.4 is 5.73 Å². The molecule has 2 unspecified atom stereocenters. The van der Waals surface area contributed by atoms with Crippen LogP contribution in [0.25, 0.3) is 0 Å². The van der Waals surface area contributed by atoms with Crippen LogP contribution in [0.2, 0.25) is 0 Å². The summed E-state index contributed by atoms with van der Waals surface area (Å²) in [5.41, 5.74) is 6.16. The lowest BCUT2D eigenvalue weighted by molar-refractivity contribution is -0.165. The van der Waals surface area contributed by atoms with E-state index in [2.05, 4.69) is 0 Å². The minimum atomic E-state index is -4.40. The molecule has 0 saturated carbocycles. The topological polar surface area (TPSA) is 43.1 Å². The monoisotopic (exact) mass is 293 g/mol. The Morgan fingerprint density at radius 2 is 1.74 bits per heavy atom. The first-order valence-electron chi connectivity index (χ1n) is 6.00. The van der Waals surface area contributed by atoms with E-state index in [1.54, 1.807) is 24.3 Å². The van der Waals surface area contributed by atoms with Crippen LogP contribution in [0.4, 0.5) is 13.2 Å². The van der Waals surface area contributed by atoms with E-state index < -0.39 is 35.2 Å². The molecule has 0 heterocycles. The first kappa shape index (κ1) is 16.2. The molecule has 0 amide bonds. The molecule has 2 atom stereocenters. The Hall–Kier alpha value is -0.880. The molecule has 0 aliphatic carbocycles. The van der Waals surface area contributed by atoms with Gasteiger partial charge in [-0.3, -0.25) is 4.21 Å². The van der Waals surface area contributed by atoms with Gasteiger partial charge in [0.15, 0.2) is 0 Å². The predicted octanol–water partition coefficient (Wildman–Crippen LogP) is 3.05. The second kappa shape index (κ2) is 6.52. The van der Waals surface area contributed by atoms with Gasteiger partial charge >= 0.3 is 6.18 Å². The van der Waals surface area contributed by atoms with Gasteiger partial charge in [0.2, 0.25) is 0 Å². The summed E-state index contributed by atoms with van der Waals surface area (Å²) < 4.78 is 49.6. The highest BCUT2D eigenvalue weighted by atomic mass is 32.2. The van der Waals surface area contributed by atoms with Crippen molar-refractivity contribution < 1.29 is 17.4 Å². The lowest BCUT2D eigenvalue weighted by Gasteiger charge is -2.17. The van der Waals surface area contributed by atoms with E-state index >= 15 is 0 Å². The summed E-state index contributed by atoms with van der Waals surface area (Å²) in [5, 5.41) is 0. The van der Waals surface area contributed by atoms with E-state index in [0.717, 1.165) is 5.56 Å². The molecule has 1 rings (SSSR count). The van der Waals surface area contributed by atoms with Gasteiger partial charge < -0.3 is 5.73 Å². The molecule has 0 spiro atoms. The Balaban J connectivity index is 2.78. The van der Waals surface area contributed by atoms with Crippen LogP contribution in [0.15, 0.2) is 29.2 Å². The number of rotatable bonds is 5. The van der Waals surface area contributed by atoms with Crippen LogP contribution in [-0.2, 0) is 10.8 Å². The maximum Gasteiger partial charge on any atom is 0.393 e. The molecule has 2 nitrogen and oxygen atoms in total. The van der Waals surface area contributed by atoms with Crippen LogP contribution in [-0.4, -0.2) is 22.7 Å². The van der Waals surface area contributed by atoms with Crippen molar-refractivity contribution in [1.29, 1.82) is 0 Å². The average Bonchev–Trinajstić information content (AvgIpc) is 2.34. The molecule has 6 heteroatoms. The zero-order valence-electron chi connectivity index (χ0n) is 10.9. The first-order chi connectivity index (χ1) is 8.75. The smallest absolute Gasteiger partial charge is 0.330 e. The number of hydrogen-bond acceptors (Lipinski definition) is 2. The molecule has 1 aromatic carbocycles. The van der Waals surface area contributed by atoms with E-state index in [4.69, 9.17) is 5.73 Å². The molecular weight excluding hydrogens is 275 g/mol. The fourth-order valence-electron chi connectivity index (χ4n) is 1.58. The van der Waals surface area contributed by atoms with E-state index in [1.807, 2.05) is 13.8 Å². The number of alkyl halides is 3. The van der Waals surface area contributed by atoms with Gasteiger partial charge in [0.05, 0.1) is 16.7 Å². The van der Waals surface area contributed by atoms with Gasteiger partial charge in [-0.2, -0.15) is 13.2 Å². The molecule has 108 valence electrons. The quantitative estimate of drug-likeness (QED) is 0.906. The third-order valence-electron chi connectivity index (χ3n) is 2.91. The largest absolute Gasteiger partial charge is 0.393 e. The Morgan fingerprint density at radius 3 is 2.11 bits per heavy atom. The number of benzene rings is 1. The van der Waals surface area contributed by atoms with Crippen LogP contribution in [0.1, 0.15) is 25.3 Å². The molecule has 0 aliphatic heterocycles. The lowest BCUT2D eigenvalue weighted by atomic mass is 10.0. The van der Waals surface area contributed by atoms with Gasteiger partial charge in [-0.05, 0) is 23.6 Å². The van der Waals surface area contributed by atoms with Crippen molar-refractivity contribution >= 4 is 10.8 Å². The third kappa shape index (κ3) is 4.62. The van der Waals surface area contributed by atoms with Gasteiger partial charge in [-0.25, -0.2) is 0 Å². The summed E-state index contributed by atoms with van der Waals surface area (Å²) in [7, 11) is -1.68. The second-order valence-corrected chi connectivity index (χ2v) is 6.21. The second-order valence-electron chi connectivity index (χ2n) is 4.71. The van der Waals surface area contributed by atoms with Crippen molar-refractivity contribution in [2.75, 3.05) is 12.3 Å². The van der Waals surface area contributed by atoms with Gasteiger partial charge in [-0.1, -0.05) is 26.0 Å². The van der Waals surface area contributed by atoms with Crippen LogP contribution in [0, 0.1) is 5.92 Å². The van der Waals surface area contributed by atoms with Gasteiger partial charge in [0, 0.05) is 17.2 Å². The molecule has 1 aromatic rings. The summed E-state index contributed by atoms with van der Waals surface area (Å²) in [5.74, 6) is -1.88. The summed E-state index contributed by atoms with van der Waals surface area (Å²) in [6, 6.07) is 6.83. The van der Waals surface area contributed by atoms with Crippen LogP contribution in [0.5, 0.6) is 0 Å². The molecule has 0 saturated heterocycles. The summed E-state index contributed by atoms with van der Waals surface area (Å²) in [6.45, 7) is 3.49. The molecule has 0 fully saturated rings. The Morgan fingerprint density at radius 1 is 1.21 bits per heavy atom. The Labute approximate surface area is 113 Å². The van der Waals surface area contributed by atoms with Crippen molar-refractivity contribution in [2.24, 2.45) is 11.7 Å². The number of hydrogen-bond donors (Lipinski definition) is 1. The fourth-order valence-corrected chi connectivity index (χ4v) is 2.90. The van der Waals surface area contributed by atoms with Gasteiger partial charge in [0.25, 0.3) is 0 Å². The molecular formula is C13H18F3NOS. The molecule has 0 radical (unpaired) electrons. The van der Waals surface area contributed by atoms with E-state index in [9.17, 15) is 17.4 Å². The maximum absolute atomic E-state index is 12.6. The van der Waals surface area contributed by atoms with Crippen molar-refractivity contribution in [3.63, 3.8) is 0 Å². The average molecular weight is 293 g/mol. The minimum Gasteiger partial charge on any atom is -0.330 e. The third-order valence-corrected chi connectivity index (χ3v) is 4.41. The maximum atomic E-state index is 12.6. The van der Waals surface area contributed by atoms with Crippen LogP contribution in [0.3, 0.4) is 0 Å². The lowest BCUT2D eigenvalue weighted by Crippen LogP contribution is -2.34. The van der Waals surface area contributed by atoms with Gasteiger partial charge in [-0.15, -0.1) is 0 Å². The summed E-state index contributed by atoms with van der Waals surface area (Å²) >= 11 is 0. The predicted molar refractivity (Wildman–Crippen MR) is 70.4 cm³/mol. The Kier molecular flexibility index (Phi) is 5.55. The highest BCUT2D eigenvalue weighted by molar-refractivity contribution is 7.85. The number of halogens is 3. The van der Waals surface area contributed by atoms with E-state index in [1.165, 1.54) is 0 Å².